The van der Waals surface area contributed by atoms with Gasteiger partial charge in [0, 0.05) is 56.1 Å². The number of aryl methyl sites for hydroxylation is 2. The van der Waals surface area contributed by atoms with Crippen LogP contribution in [0.3, 0.4) is 0 Å². The van der Waals surface area contributed by atoms with E-state index in [2.05, 4.69) is 14.7 Å². The zero-order valence-corrected chi connectivity index (χ0v) is 21.4. The molecule has 10 heteroatoms. The maximum absolute atomic E-state index is 14.0. The predicted molar refractivity (Wildman–Crippen MR) is 137 cm³/mol. The Balaban J connectivity index is 0.000000206. The number of carbonyl (C=O) groups is 2. The molecule has 4 aromatic rings. The minimum atomic E-state index is -1.15. The fraction of sp³-hybridized carbons (Fsp3) is 0.111. The van der Waals surface area contributed by atoms with Gasteiger partial charge in [-0.3, -0.25) is 9.97 Å². The van der Waals surface area contributed by atoms with Crippen LogP contribution in [-0.2, 0) is 4.74 Å². The molecule has 6 nitrogen and oxygen atoms in total. The van der Waals surface area contributed by atoms with Gasteiger partial charge in [-0.25, -0.2) is 18.4 Å². The zero-order valence-electron chi connectivity index (χ0n) is 19.9. The molecule has 190 valence electrons. The van der Waals surface area contributed by atoms with E-state index < -0.39 is 23.6 Å². The predicted octanol–water partition coefficient (Wildman–Crippen LogP) is 7.18. The van der Waals surface area contributed by atoms with E-state index in [4.69, 9.17) is 28.3 Å². The molecule has 2 aromatic heterocycles. The van der Waals surface area contributed by atoms with Gasteiger partial charge in [0.05, 0.1) is 18.2 Å². The van der Waals surface area contributed by atoms with Crippen LogP contribution < -0.4 is 0 Å². The monoisotopic (exact) mass is 544 g/mol. The summed E-state index contributed by atoms with van der Waals surface area (Å²) in [5.41, 5.74) is 2.69. The summed E-state index contributed by atoms with van der Waals surface area (Å²) in [5.74, 6) is -2.76. The van der Waals surface area contributed by atoms with Gasteiger partial charge < -0.3 is 9.84 Å². The lowest BCUT2D eigenvalue weighted by Gasteiger charge is -2.10. The molecule has 1 N–H and O–H groups in total. The lowest BCUT2D eigenvalue weighted by molar-refractivity contribution is 0.0600. The van der Waals surface area contributed by atoms with Gasteiger partial charge in [0.2, 0.25) is 0 Å². The van der Waals surface area contributed by atoms with Crippen LogP contribution in [0, 0.1) is 25.5 Å². The number of aromatic nitrogens is 2. The van der Waals surface area contributed by atoms with Crippen molar-refractivity contribution in [3.05, 3.63) is 105 Å². The first-order chi connectivity index (χ1) is 17.5. The van der Waals surface area contributed by atoms with Crippen molar-refractivity contribution in [1.82, 2.24) is 9.97 Å². The summed E-state index contributed by atoms with van der Waals surface area (Å²) in [7, 11) is 1.27. The summed E-state index contributed by atoms with van der Waals surface area (Å²) in [4.78, 5) is 30.7. The number of carboxylic acids is 1. The van der Waals surface area contributed by atoms with Crippen molar-refractivity contribution in [2.45, 2.75) is 13.8 Å². The van der Waals surface area contributed by atoms with E-state index in [0.717, 1.165) is 6.07 Å². The van der Waals surface area contributed by atoms with E-state index >= 15 is 0 Å². The molecule has 37 heavy (non-hydrogen) atoms. The van der Waals surface area contributed by atoms with Gasteiger partial charge in [0.15, 0.2) is 0 Å². The number of esters is 1. The summed E-state index contributed by atoms with van der Waals surface area (Å²) in [5, 5.41) is 9.64. The van der Waals surface area contributed by atoms with Gasteiger partial charge in [-0.2, -0.15) is 0 Å². The van der Waals surface area contributed by atoms with Crippen molar-refractivity contribution < 1.29 is 28.2 Å². The van der Waals surface area contributed by atoms with Crippen molar-refractivity contribution in [2.75, 3.05) is 7.11 Å². The van der Waals surface area contributed by atoms with Gasteiger partial charge in [-0.05, 0) is 62.4 Å². The van der Waals surface area contributed by atoms with E-state index in [1.165, 1.54) is 49.8 Å². The molecule has 0 unspecified atom stereocenters. The highest BCUT2D eigenvalue weighted by Gasteiger charge is 2.18. The maximum Gasteiger partial charge on any atom is 0.340 e. The molecule has 2 heterocycles. The second kappa shape index (κ2) is 11.9. The van der Waals surface area contributed by atoms with Gasteiger partial charge in [0.1, 0.15) is 11.6 Å². The Bertz CT molecular complexity index is 1500. The number of pyridine rings is 2. The van der Waals surface area contributed by atoms with Crippen LogP contribution in [0.2, 0.25) is 10.0 Å². The molecular formula is C27H20Cl2F2N2O4. The van der Waals surface area contributed by atoms with Crippen LogP contribution in [-0.4, -0.2) is 34.1 Å². The lowest BCUT2D eigenvalue weighted by atomic mass is 10.0. The first-order valence-electron chi connectivity index (χ1n) is 10.7. The molecule has 0 fully saturated rings. The van der Waals surface area contributed by atoms with E-state index in [-0.39, 0.29) is 27.3 Å². The fourth-order valence-electron chi connectivity index (χ4n) is 3.42. The number of rotatable bonds is 4. The number of benzene rings is 2. The van der Waals surface area contributed by atoms with Crippen molar-refractivity contribution in [1.29, 1.82) is 0 Å². The van der Waals surface area contributed by atoms with E-state index in [1.807, 2.05) is 0 Å². The molecule has 0 aliphatic carbocycles. The number of nitrogens with zero attached hydrogens (tertiary/aromatic N) is 2. The molecule has 0 saturated heterocycles. The van der Waals surface area contributed by atoms with Crippen LogP contribution in [0.15, 0.2) is 60.9 Å². The Hall–Kier alpha value is -3.88. The van der Waals surface area contributed by atoms with Crippen LogP contribution >= 0.6 is 23.2 Å². The average molecular weight is 545 g/mol. The smallest absolute Gasteiger partial charge is 0.340 e. The van der Waals surface area contributed by atoms with Gasteiger partial charge in [0.25, 0.3) is 0 Å². The SMILES string of the molecule is COC(=O)c1cnc(C)cc1-c1ccc(Cl)cc1F.Cc1cc(-c2ccc(Cl)cc2F)c(C(=O)O)cn1. The molecule has 4 rings (SSSR count). The summed E-state index contributed by atoms with van der Waals surface area (Å²) >= 11 is 11.4. The number of methoxy groups -OCH3 is 1. The Kier molecular flexibility index (Phi) is 8.91. The van der Waals surface area contributed by atoms with Crippen LogP contribution in [0.5, 0.6) is 0 Å². The Morgan fingerprint density at radius 1 is 0.757 bits per heavy atom. The van der Waals surface area contributed by atoms with Crippen molar-refractivity contribution in [2.24, 2.45) is 0 Å². The van der Waals surface area contributed by atoms with E-state index in [0.29, 0.717) is 27.5 Å². The molecule has 0 radical (unpaired) electrons. The van der Waals surface area contributed by atoms with Crippen LogP contribution in [0.1, 0.15) is 32.1 Å². The summed E-state index contributed by atoms with van der Waals surface area (Å²) in [6.45, 7) is 3.47. The highest BCUT2D eigenvalue weighted by atomic mass is 35.5. The first-order valence-corrected chi connectivity index (χ1v) is 11.4. The normalized spacial score (nSPS) is 10.4. The molecule has 0 bridgehead atoms. The standard InChI is InChI=1S/C14H11ClFNO2.C13H9ClFNO2/c1-8-5-11(12(7-17-8)14(18)19-2)10-4-3-9(15)6-13(10)16;1-7-4-10(11(6-16-7)13(17)18)9-3-2-8(14)5-12(9)15/h3-7H,1-2H3;2-6H,1H3,(H,17,18). The highest BCUT2D eigenvalue weighted by Crippen LogP contribution is 2.30. The summed E-state index contributed by atoms with van der Waals surface area (Å²) in [6.07, 6.45) is 2.60. The molecule has 0 amide bonds. The molecular weight excluding hydrogens is 525 g/mol. The lowest BCUT2D eigenvalue weighted by Crippen LogP contribution is -2.05. The summed E-state index contributed by atoms with van der Waals surface area (Å²) in [6, 6.07) is 11.6. The maximum atomic E-state index is 14.0. The van der Waals surface area contributed by atoms with E-state index in [1.54, 1.807) is 26.0 Å². The van der Waals surface area contributed by atoms with Crippen molar-refractivity contribution >= 4 is 35.1 Å². The number of carbonyl (C=O) groups excluding carboxylic acids is 1. The minimum Gasteiger partial charge on any atom is -0.478 e. The molecule has 0 spiro atoms. The average Bonchev–Trinajstić information content (AvgIpc) is 2.84. The third kappa shape index (κ3) is 6.67. The third-order valence-electron chi connectivity index (χ3n) is 5.16. The van der Waals surface area contributed by atoms with Gasteiger partial charge >= 0.3 is 11.9 Å². The first kappa shape index (κ1) is 27.7. The number of carboxylic acid groups (broad SMARTS) is 1. The molecule has 0 aliphatic rings. The number of halogens is 4. The molecule has 0 saturated carbocycles. The van der Waals surface area contributed by atoms with E-state index in [9.17, 15) is 18.4 Å². The number of ether oxygens (including phenoxy) is 1. The topological polar surface area (TPSA) is 89.4 Å². The molecule has 0 aliphatic heterocycles. The molecule has 0 atom stereocenters. The Labute approximate surface area is 221 Å². The Morgan fingerprint density at radius 3 is 1.59 bits per heavy atom. The number of hydrogen-bond donors (Lipinski definition) is 1. The van der Waals surface area contributed by atoms with Gasteiger partial charge in [-0.1, -0.05) is 23.2 Å². The number of aromatic carboxylic acids is 1. The largest absolute Gasteiger partial charge is 0.478 e. The quantitative estimate of drug-likeness (QED) is 0.273. The van der Waals surface area contributed by atoms with Gasteiger partial charge in [-0.15, -0.1) is 0 Å². The Morgan fingerprint density at radius 2 is 1.19 bits per heavy atom. The fourth-order valence-corrected chi connectivity index (χ4v) is 3.74. The highest BCUT2D eigenvalue weighted by molar-refractivity contribution is 6.31. The minimum absolute atomic E-state index is 0.0400. The van der Waals surface area contributed by atoms with Crippen molar-refractivity contribution in [3.8, 4) is 22.3 Å². The third-order valence-corrected chi connectivity index (χ3v) is 5.63. The number of hydrogen-bond acceptors (Lipinski definition) is 5. The van der Waals surface area contributed by atoms with Crippen LogP contribution in [0.4, 0.5) is 8.78 Å². The zero-order chi connectivity index (χ0) is 27.3. The molecule has 2 aromatic carbocycles. The second-order valence-electron chi connectivity index (χ2n) is 7.79. The van der Waals surface area contributed by atoms with Crippen LogP contribution in [0.25, 0.3) is 22.3 Å². The summed E-state index contributed by atoms with van der Waals surface area (Å²) < 4.78 is 32.4. The van der Waals surface area contributed by atoms with Crippen molar-refractivity contribution in [3.63, 3.8) is 0 Å². The second-order valence-corrected chi connectivity index (χ2v) is 8.66.